The van der Waals surface area contributed by atoms with Crippen LogP contribution in [-0.4, -0.2) is 63.9 Å². The van der Waals surface area contributed by atoms with Gasteiger partial charge in [-0.3, -0.25) is 4.79 Å². The van der Waals surface area contributed by atoms with Crippen LogP contribution in [0.2, 0.25) is 0 Å². The van der Waals surface area contributed by atoms with Crippen LogP contribution in [0, 0.1) is 0 Å². The molecule has 0 bridgehead atoms. The highest BCUT2D eigenvalue weighted by Gasteiger charge is 2.20. The van der Waals surface area contributed by atoms with E-state index in [0.717, 1.165) is 43.1 Å². The number of benzene rings is 1. The Balaban J connectivity index is 1.56. The Labute approximate surface area is 155 Å². The molecule has 7 nitrogen and oxygen atoms in total. The van der Waals surface area contributed by atoms with E-state index < -0.39 is 0 Å². The number of rotatable bonds is 4. The van der Waals surface area contributed by atoms with Gasteiger partial charge in [-0.1, -0.05) is 5.21 Å². The van der Waals surface area contributed by atoms with E-state index in [1.807, 2.05) is 40.0 Å². The molecule has 0 aliphatic carbocycles. The van der Waals surface area contributed by atoms with Crippen LogP contribution in [0.1, 0.15) is 36.8 Å². The second-order valence-corrected chi connectivity index (χ2v) is 7.85. The van der Waals surface area contributed by atoms with Gasteiger partial charge >= 0.3 is 0 Å². The molecule has 1 aliphatic rings. The number of hydrogen-bond donors (Lipinski definition) is 1. The summed E-state index contributed by atoms with van der Waals surface area (Å²) in [4.78, 5) is 16.7. The zero-order chi connectivity index (χ0) is 18.7. The van der Waals surface area contributed by atoms with Crippen LogP contribution in [0.15, 0.2) is 30.5 Å². The van der Waals surface area contributed by atoms with Gasteiger partial charge in [-0.25, -0.2) is 4.68 Å². The molecule has 0 unspecified atom stereocenters. The maximum absolute atomic E-state index is 12.6. The Morgan fingerprint density at radius 2 is 1.77 bits per heavy atom. The molecular weight excluding hydrogens is 328 g/mol. The molecule has 0 saturated carbocycles. The van der Waals surface area contributed by atoms with Gasteiger partial charge in [0.25, 0.3) is 5.91 Å². The monoisotopic (exact) mass is 356 g/mol. The Hall–Kier alpha value is -2.41. The normalized spacial score (nSPS) is 15.9. The molecular formula is C19H28N6O. The van der Waals surface area contributed by atoms with Crippen molar-refractivity contribution in [2.75, 3.05) is 38.5 Å². The Kier molecular flexibility index (Phi) is 5.27. The van der Waals surface area contributed by atoms with E-state index >= 15 is 0 Å². The van der Waals surface area contributed by atoms with Gasteiger partial charge in [-0.15, -0.1) is 5.10 Å². The zero-order valence-electron chi connectivity index (χ0n) is 16.1. The van der Waals surface area contributed by atoms with Gasteiger partial charge in [0, 0.05) is 37.4 Å². The SMILES string of the molecule is CN1CCN(C(=O)c2ccc(NCc3cn(C(C)(C)C)nn3)cc2)CC1. The fourth-order valence-corrected chi connectivity index (χ4v) is 2.82. The van der Waals surface area contributed by atoms with Gasteiger partial charge in [0.2, 0.25) is 0 Å². The number of aromatic nitrogens is 3. The molecule has 1 saturated heterocycles. The van der Waals surface area contributed by atoms with Crippen molar-refractivity contribution in [3.05, 3.63) is 41.7 Å². The molecule has 2 heterocycles. The van der Waals surface area contributed by atoms with Gasteiger partial charge in [-0.05, 0) is 52.1 Å². The van der Waals surface area contributed by atoms with Crippen molar-refractivity contribution in [1.29, 1.82) is 0 Å². The van der Waals surface area contributed by atoms with Crippen molar-refractivity contribution in [3.63, 3.8) is 0 Å². The van der Waals surface area contributed by atoms with Gasteiger partial charge in [0.05, 0.1) is 18.3 Å². The first-order valence-electron chi connectivity index (χ1n) is 9.06. The van der Waals surface area contributed by atoms with Gasteiger partial charge in [-0.2, -0.15) is 0 Å². The van der Waals surface area contributed by atoms with Crippen molar-refractivity contribution in [2.24, 2.45) is 0 Å². The number of piperazine rings is 1. The number of nitrogens with zero attached hydrogens (tertiary/aromatic N) is 5. The van der Waals surface area contributed by atoms with Gasteiger partial charge < -0.3 is 15.1 Å². The molecule has 1 aromatic carbocycles. The third kappa shape index (κ3) is 4.40. The number of likely N-dealkylation sites (N-methyl/N-ethyl adjacent to an activating group) is 1. The fourth-order valence-electron chi connectivity index (χ4n) is 2.82. The summed E-state index contributed by atoms with van der Waals surface area (Å²) in [5.41, 5.74) is 2.51. The van der Waals surface area contributed by atoms with E-state index in [0.29, 0.717) is 6.54 Å². The Morgan fingerprint density at radius 3 is 2.35 bits per heavy atom. The Bertz CT molecular complexity index is 738. The third-order valence-electron chi connectivity index (χ3n) is 4.62. The minimum atomic E-state index is -0.0729. The van der Waals surface area contributed by atoms with Crippen LogP contribution >= 0.6 is 0 Å². The third-order valence-corrected chi connectivity index (χ3v) is 4.62. The molecule has 0 radical (unpaired) electrons. The first kappa shape index (κ1) is 18.4. The summed E-state index contributed by atoms with van der Waals surface area (Å²) >= 11 is 0. The number of amides is 1. The van der Waals surface area contributed by atoms with Crippen molar-refractivity contribution >= 4 is 11.6 Å². The highest BCUT2D eigenvalue weighted by molar-refractivity contribution is 5.94. The largest absolute Gasteiger partial charge is 0.379 e. The molecule has 0 atom stereocenters. The van der Waals surface area contributed by atoms with Crippen LogP contribution in [-0.2, 0) is 12.1 Å². The smallest absolute Gasteiger partial charge is 0.253 e. The van der Waals surface area contributed by atoms with E-state index in [2.05, 4.69) is 48.3 Å². The lowest BCUT2D eigenvalue weighted by atomic mass is 10.1. The average Bonchev–Trinajstić information content (AvgIpc) is 3.10. The Morgan fingerprint density at radius 1 is 1.12 bits per heavy atom. The van der Waals surface area contributed by atoms with Crippen molar-refractivity contribution in [3.8, 4) is 0 Å². The molecule has 1 amide bonds. The molecule has 1 aliphatic heterocycles. The van der Waals surface area contributed by atoms with Gasteiger partial charge in [0.15, 0.2) is 0 Å². The van der Waals surface area contributed by atoms with E-state index in [1.54, 1.807) is 0 Å². The summed E-state index contributed by atoms with van der Waals surface area (Å²) in [6, 6.07) is 7.65. The second kappa shape index (κ2) is 7.45. The first-order chi connectivity index (χ1) is 12.3. The quantitative estimate of drug-likeness (QED) is 0.908. The number of carbonyl (C=O) groups excluding carboxylic acids is 1. The maximum Gasteiger partial charge on any atom is 0.253 e. The molecule has 0 spiro atoms. The van der Waals surface area contributed by atoms with Crippen LogP contribution in [0.5, 0.6) is 0 Å². The predicted octanol–water partition coefficient (Wildman–Crippen LogP) is 2.03. The van der Waals surface area contributed by atoms with E-state index in [1.165, 1.54) is 0 Å². The predicted molar refractivity (Wildman–Crippen MR) is 102 cm³/mol. The lowest BCUT2D eigenvalue weighted by Gasteiger charge is -2.32. The summed E-state index contributed by atoms with van der Waals surface area (Å²) < 4.78 is 1.86. The molecule has 3 rings (SSSR count). The second-order valence-electron chi connectivity index (χ2n) is 7.85. The van der Waals surface area contributed by atoms with Crippen LogP contribution < -0.4 is 5.32 Å². The topological polar surface area (TPSA) is 66.3 Å². The van der Waals surface area contributed by atoms with Crippen molar-refractivity contribution < 1.29 is 4.79 Å². The van der Waals surface area contributed by atoms with Crippen LogP contribution in [0.25, 0.3) is 0 Å². The fraction of sp³-hybridized carbons (Fsp3) is 0.526. The van der Waals surface area contributed by atoms with E-state index in [4.69, 9.17) is 0 Å². The first-order valence-corrected chi connectivity index (χ1v) is 9.06. The summed E-state index contributed by atoms with van der Waals surface area (Å²) in [6.07, 6.45) is 1.96. The van der Waals surface area contributed by atoms with Crippen LogP contribution in [0.4, 0.5) is 5.69 Å². The number of nitrogens with one attached hydrogen (secondary N) is 1. The summed E-state index contributed by atoms with van der Waals surface area (Å²) in [5.74, 6) is 0.109. The van der Waals surface area contributed by atoms with Gasteiger partial charge in [0.1, 0.15) is 5.69 Å². The summed E-state index contributed by atoms with van der Waals surface area (Å²) in [7, 11) is 2.09. The van der Waals surface area contributed by atoms with E-state index in [-0.39, 0.29) is 11.4 Å². The standard InChI is InChI=1S/C19H28N6O/c1-19(2,3)25-14-17(21-22-25)13-20-16-7-5-15(6-8-16)18(26)24-11-9-23(4)10-12-24/h5-8,14,20H,9-13H2,1-4H3. The molecule has 26 heavy (non-hydrogen) atoms. The lowest BCUT2D eigenvalue weighted by Crippen LogP contribution is -2.47. The van der Waals surface area contributed by atoms with E-state index in [9.17, 15) is 4.79 Å². The highest BCUT2D eigenvalue weighted by Crippen LogP contribution is 2.15. The lowest BCUT2D eigenvalue weighted by molar-refractivity contribution is 0.0664. The summed E-state index contributed by atoms with van der Waals surface area (Å²) in [5, 5.41) is 11.7. The molecule has 1 N–H and O–H groups in total. The van der Waals surface area contributed by atoms with Crippen molar-refractivity contribution in [1.82, 2.24) is 24.8 Å². The molecule has 7 heteroatoms. The molecule has 1 aromatic heterocycles. The highest BCUT2D eigenvalue weighted by atomic mass is 16.2. The number of anilines is 1. The minimum absolute atomic E-state index is 0.0729. The average molecular weight is 356 g/mol. The molecule has 140 valence electrons. The van der Waals surface area contributed by atoms with Crippen LogP contribution in [0.3, 0.4) is 0 Å². The molecule has 2 aromatic rings. The zero-order valence-corrected chi connectivity index (χ0v) is 16.1. The number of carbonyl (C=O) groups is 1. The number of hydrogen-bond acceptors (Lipinski definition) is 5. The minimum Gasteiger partial charge on any atom is -0.379 e. The van der Waals surface area contributed by atoms with Crippen molar-refractivity contribution in [2.45, 2.75) is 32.9 Å². The maximum atomic E-state index is 12.6. The molecule has 1 fully saturated rings. The summed E-state index contributed by atoms with van der Waals surface area (Å²) in [6.45, 7) is 10.3.